The molecule has 0 fully saturated rings. The maximum Gasteiger partial charge on any atom is 0.164 e. The second kappa shape index (κ2) is 15.2. The van der Waals surface area contributed by atoms with Gasteiger partial charge in [-0.3, -0.25) is 9.78 Å². The summed E-state index contributed by atoms with van der Waals surface area (Å²) in [5.41, 5.74) is 4.89. The molecule has 265 valence electrons. The van der Waals surface area contributed by atoms with Gasteiger partial charge in [-0.25, -0.2) is 4.98 Å². The number of aliphatic hydroxyl groups excluding tert-OH is 1. The van der Waals surface area contributed by atoms with Crippen LogP contribution in [0.2, 0.25) is 0 Å². The van der Waals surface area contributed by atoms with Crippen LogP contribution in [0.15, 0.2) is 84.9 Å². The molecule has 0 aliphatic heterocycles. The van der Waals surface area contributed by atoms with Gasteiger partial charge in [0.25, 0.3) is 0 Å². The summed E-state index contributed by atoms with van der Waals surface area (Å²) < 4.78 is 2.17. The zero-order valence-corrected chi connectivity index (χ0v) is 33.8. The minimum atomic E-state index is -0.337. The van der Waals surface area contributed by atoms with Crippen molar-refractivity contribution in [3.8, 4) is 11.3 Å². The molecule has 0 atom stereocenters. The quantitative estimate of drug-likeness (QED) is 0.0941. The average molecular weight is 847 g/mol. The van der Waals surface area contributed by atoms with E-state index >= 15 is 0 Å². The van der Waals surface area contributed by atoms with Crippen LogP contribution in [0.4, 0.5) is 0 Å². The van der Waals surface area contributed by atoms with Crippen molar-refractivity contribution < 1.29 is 30.0 Å². The molecule has 6 rings (SSSR count). The molecule has 0 unspecified atom stereocenters. The Morgan fingerprint density at radius 3 is 2.02 bits per heavy atom. The third-order valence-corrected chi connectivity index (χ3v) is 11.2. The van der Waals surface area contributed by atoms with Gasteiger partial charge in [0.05, 0.1) is 0 Å². The molecule has 0 aliphatic carbocycles. The standard InChI is InChI=1S/C29H24N3.C15H28O2.Ir/c1-29(2,3)21-12-13-22-20(14-21)10-7-11-23(22)27-26-24-15-18-8-5-6-9-19(18)16-25(24)32(4)28(26)31-17-30-27;1-7-14(5,8-2)12(16)11-13(17)15(6,9-3)10-4;/h5-10,12-17H,1-4H3;11,16H,7-10H2,1-6H3;/q-1;;/b;12-11-;. The predicted octanol–water partition coefficient (Wildman–Crippen LogP) is 11.8. The molecule has 2 aromatic heterocycles. The molecule has 50 heavy (non-hydrogen) atoms. The number of hydrogen-bond acceptors (Lipinski definition) is 4. The Morgan fingerprint density at radius 2 is 1.42 bits per heavy atom. The first-order valence-electron chi connectivity index (χ1n) is 17.7. The van der Waals surface area contributed by atoms with Gasteiger partial charge in [-0.15, -0.1) is 29.1 Å². The van der Waals surface area contributed by atoms with Crippen LogP contribution in [-0.2, 0) is 37.4 Å². The van der Waals surface area contributed by atoms with Crippen molar-refractivity contribution in [1.29, 1.82) is 0 Å². The molecule has 0 spiro atoms. The molecule has 0 saturated heterocycles. The summed E-state index contributed by atoms with van der Waals surface area (Å²) in [4.78, 5) is 21.6. The van der Waals surface area contributed by atoms with E-state index in [2.05, 4.69) is 104 Å². The van der Waals surface area contributed by atoms with Crippen LogP contribution in [0.25, 0.3) is 54.7 Å². The van der Waals surface area contributed by atoms with Crippen molar-refractivity contribution in [3.05, 3.63) is 96.5 Å². The number of carbonyl (C=O) groups is 1. The van der Waals surface area contributed by atoms with Crippen LogP contribution in [0.3, 0.4) is 0 Å². The van der Waals surface area contributed by atoms with E-state index in [9.17, 15) is 9.90 Å². The van der Waals surface area contributed by atoms with Crippen LogP contribution in [-0.4, -0.2) is 25.4 Å². The fourth-order valence-corrected chi connectivity index (χ4v) is 6.45. The van der Waals surface area contributed by atoms with Crippen LogP contribution in [0, 0.1) is 16.9 Å². The smallest absolute Gasteiger partial charge is 0.164 e. The van der Waals surface area contributed by atoms with Crippen molar-refractivity contribution in [1.82, 2.24) is 14.5 Å². The first kappa shape index (κ1) is 38.9. The second-order valence-corrected chi connectivity index (χ2v) is 15.0. The molecule has 0 aliphatic rings. The van der Waals surface area contributed by atoms with Crippen LogP contribution in [0.5, 0.6) is 0 Å². The summed E-state index contributed by atoms with van der Waals surface area (Å²) in [6.45, 7) is 18.8. The number of rotatable bonds is 8. The number of nitrogens with zero attached hydrogens (tertiary/aromatic N) is 3. The molecule has 5 nitrogen and oxygen atoms in total. The van der Waals surface area contributed by atoms with Crippen molar-refractivity contribution in [2.75, 3.05) is 0 Å². The summed E-state index contributed by atoms with van der Waals surface area (Å²) in [5, 5.41) is 17.2. The van der Waals surface area contributed by atoms with E-state index < -0.39 is 0 Å². The van der Waals surface area contributed by atoms with Gasteiger partial charge >= 0.3 is 0 Å². The number of carbonyl (C=O) groups excluding carboxylic acids is 1. The summed E-state index contributed by atoms with van der Waals surface area (Å²) in [6, 6.07) is 27.4. The summed E-state index contributed by atoms with van der Waals surface area (Å²) in [5.74, 6) is 0.286. The van der Waals surface area contributed by atoms with Crippen molar-refractivity contribution in [2.45, 2.75) is 93.4 Å². The molecule has 0 saturated carbocycles. The molecule has 2 heterocycles. The zero-order chi connectivity index (χ0) is 35.7. The number of hydrogen-bond donors (Lipinski definition) is 1. The second-order valence-electron chi connectivity index (χ2n) is 15.0. The number of aromatic nitrogens is 3. The van der Waals surface area contributed by atoms with E-state index in [1.807, 2.05) is 47.6 Å². The fourth-order valence-electron chi connectivity index (χ4n) is 6.45. The van der Waals surface area contributed by atoms with Crippen molar-refractivity contribution in [3.63, 3.8) is 0 Å². The van der Waals surface area contributed by atoms with Crippen LogP contribution >= 0.6 is 0 Å². The number of allylic oxidation sites excluding steroid dienone is 2. The first-order valence-corrected chi connectivity index (χ1v) is 17.7. The molecule has 4 aromatic carbocycles. The zero-order valence-electron chi connectivity index (χ0n) is 31.4. The Kier molecular flexibility index (Phi) is 11.8. The van der Waals surface area contributed by atoms with Crippen molar-refractivity contribution >= 4 is 49.3 Å². The van der Waals surface area contributed by atoms with E-state index in [-0.39, 0.29) is 47.9 Å². The minimum absolute atomic E-state index is 0. The number of benzene rings is 4. The Balaban J connectivity index is 0.000000269. The number of aliphatic hydroxyl groups is 1. The van der Waals surface area contributed by atoms with E-state index in [0.717, 1.165) is 53.5 Å². The summed E-state index contributed by atoms with van der Waals surface area (Å²) >= 11 is 0. The first-order chi connectivity index (χ1) is 23.2. The number of ketones is 1. The van der Waals surface area contributed by atoms with E-state index in [4.69, 9.17) is 4.98 Å². The third-order valence-electron chi connectivity index (χ3n) is 11.2. The molecule has 1 radical (unpaired) electrons. The largest absolute Gasteiger partial charge is 0.512 e. The summed E-state index contributed by atoms with van der Waals surface area (Å²) in [6.07, 6.45) is 6.43. The normalized spacial score (nSPS) is 12.6. The van der Waals surface area contributed by atoms with E-state index in [1.165, 1.54) is 38.6 Å². The fraction of sp³-hybridized carbons (Fsp3) is 0.386. The molecular formula is C44H52IrN3O2-. The van der Waals surface area contributed by atoms with Crippen LogP contribution < -0.4 is 0 Å². The van der Waals surface area contributed by atoms with E-state index in [1.54, 1.807) is 6.33 Å². The van der Waals surface area contributed by atoms with Crippen LogP contribution in [0.1, 0.15) is 93.6 Å². The number of aryl methyl sites for hydroxylation is 1. The minimum Gasteiger partial charge on any atom is -0.512 e. The van der Waals surface area contributed by atoms with Gasteiger partial charge < -0.3 is 9.67 Å². The Bertz CT molecular complexity index is 2180. The van der Waals surface area contributed by atoms with Crippen molar-refractivity contribution in [2.24, 2.45) is 17.9 Å². The molecule has 6 aromatic rings. The predicted molar refractivity (Wildman–Crippen MR) is 207 cm³/mol. The van der Waals surface area contributed by atoms with Gasteiger partial charge in [0.2, 0.25) is 0 Å². The number of fused-ring (bicyclic) bond motifs is 5. The molecule has 0 amide bonds. The van der Waals surface area contributed by atoms with Gasteiger partial charge in [-0.2, -0.15) is 0 Å². The monoisotopic (exact) mass is 847 g/mol. The Morgan fingerprint density at radius 1 is 0.800 bits per heavy atom. The van der Waals surface area contributed by atoms with Gasteiger partial charge in [0, 0.05) is 66.0 Å². The summed E-state index contributed by atoms with van der Waals surface area (Å²) in [7, 11) is 2.08. The van der Waals surface area contributed by atoms with Gasteiger partial charge in [0.1, 0.15) is 17.7 Å². The topological polar surface area (TPSA) is 68.0 Å². The molecular weight excluding hydrogens is 795 g/mol. The SMILES string of the molecule is CCC(C)(CC)C(=O)/C=C(\O)C(C)(CC)CC.Cn1c2cc3ccccc3cc2c2c(-c3[c-]ccc4cc(C(C)(C)C)ccc34)ncnc21.[Ir]. The Hall–Kier alpha value is -3.86. The van der Waals surface area contributed by atoms with Gasteiger partial charge in [-0.05, 0) is 59.6 Å². The van der Waals surface area contributed by atoms with E-state index in [0.29, 0.717) is 0 Å². The average Bonchev–Trinajstić information content (AvgIpc) is 3.39. The Labute approximate surface area is 311 Å². The molecule has 1 N–H and O–H groups in total. The maximum atomic E-state index is 12.2. The maximum absolute atomic E-state index is 12.2. The third kappa shape index (κ3) is 7.29. The molecule has 6 heteroatoms. The molecule has 0 bridgehead atoms. The van der Waals surface area contributed by atoms with Gasteiger partial charge in [0.15, 0.2) is 5.78 Å². The van der Waals surface area contributed by atoms with Gasteiger partial charge in [-0.1, -0.05) is 110 Å².